The largest absolute Gasteiger partial charge is 0.416 e. The van der Waals surface area contributed by atoms with Gasteiger partial charge in [0.25, 0.3) is 5.91 Å². The molecule has 3 nitrogen and oxygen atoms in total. The lowest BCUT2D eigenvalue weighted by molar-refractivity contribution is -0.156. The highest BCUT2D eigenvalue weighted by atomic mass is 35.5. The van der Waals surface area contributed by atoms with Crippen LogP contribution < -0.4 is 4.84 Å². The van der Waals surface area contributed by atoms with Crippen molar-refractivity contribution < 1.29 is 22.8 Å². The Balaban J connectivity index is 2.16. The standard InChI is InChI=1S/C17H13Cl3F3NO2/c18-13-6-4-11(5-7-13)8-16(25)24(10-15(19)20)26-14-3-1-2-12(9-14)17(21,22)23/h1-7,9,15H,8,10H2. The Kier molecular flexibility index (Phi) is 7.03. The van der Waals surface area contributed by atoms with Crippen molar-refractivity contribution >= 4 is 40.7 Å². The van der Waals surface area contributed by atoms with E-state index in [2.05, 4.69) is 0 Å². The molecule has 2 aromatic carbocycles. The summed E-state index contributed by atoms with van der Waals surface area (Å²) in [6.45, 7) is -0.216. The number of hydrogen-bond donors (Lipinski definition) is 0. The van der Waals surface area contributed by atoms with Crippen LogP contribution in [-0.4, -0.2) is 22.4 Å². The van der Waals surface area contributed by atoms with Crippen LogP contribution in [0.1, 0.15) is 11.1 Å². The van der Waals surface area contributed by atoms with Gasteiger partial charge in [0.15, 0.2) is 5.75 Å². The highest BCUT2D eigenvalue weighted by Gasteiger charge is 2.31. The predicted octanol–water partition coefficient (Wildman–Crippen LogP) is 5.53. The Morgan fingerprint density at radius 2 is 1.77 bits per heavy atom. The number of hydroxylamine groups is 2. The van der Waals surface area contributed by atoms with Crippen LogP contribution in [0.15, 0.2) is 48.5 Å². The summed E-state index contributed by atoms with van der Waals surface area (Å²) in [6, 6.07) is 10.7. The van der Waals surface area contributed by atoms with Gasteiger partial charge in [-0.25, -0.2) is 0 Å². The molecule has 0 radical (unpaired) electrons. The van der Waals surface area contributed by atoms with E-state index in [0.717, 1.165) is 17.2 Å². The molecule has 1 amide bonds. The summed E-state index contributed by atoms with van der Waals surface area (Å²) in [5.74, 6) is -0.672. The average Bonchev–Trinajstić information content (AvgIpc) is 2.55. The van der Waals surface area contributed by atoms with Crippen molar-refractivity contribution in [3.63, 3.8) is 0 Å². The lowest BCUT2D eigenvalue weighted by Gasteiger charge is -2.23. The van der Waals surface area contributed by atoms with Crippen LogP contribution in [0.3, 0.4) is 0 Å². The van der Waals surface area contributed by atoms with Gasteiger partial charge in [-0.15, -0.1) is 23.2 Å². The Hall–Kier alpha value is -1.63. The lowest BCUT2D eigenvalue weighted by atomic mass is 10.1. The summed E-state index contributed by atoms with van der Waals surface area (Å²) in [6.07, 6.45) is -4.59. The monoisotopic (exact) mass is 425 g/mol. The van der Waals surface area contributed by atoms with Gasteiger partial charge in [0.1, 0.15) is 4.84 Å². The number of carbonyl (C=O) groups is 1. The van der Waals surface area contributed by atoms with Gasteiger partial charge in [-0.1, -0.05) is 29.8 Å². The van der Waals surface area contributed by atoms with Gasteiger partial charge >= 0.3 is 6.18 Å². The molecular weight excluding hydrogens is 414 g/mol. The minimum atomic E-state index is -4.53. The molecule has 0 spiro atoms. The van der Waals surface area contributed by atoms with Gasteiger partial charge in [-0.05, 0) is 35.9 Å². The summed E-state index contributed by atoms with van der Waals surface area (Å²) < 4.78 is 38.4. The summed E-state index contributed by atoms with van der Waals surface area (Å²) in [7, 11) is 0. The van der Waals surface area contributed by atoms with E-state index in [0.29, 0.717) is 10.6 Å². The molecule has 0 bridgehead atoms. The summed E-state index contributed by atoms with van der Waals surface area (Å²) in [5.41, 5.74) is -0.244. The van der Waals surface area contributed by atoms with E-state index in [4.69, 9.17) is 39.6 Å². The van der Waals surface area contributed by atoms with Gasteiger partial charge in [0, 0.05) is 5.02 Å². The van der Waals surface area contributed by atoms with Gasteiger partial charge in [0.2, 0.25) is 0 Å². The third-order valence-corrected chi connectivity index (χ3v) is 3.76. The van der Waals surface area contributed by atoms with Crippen LogP contribution >= 0.6 is 34.8 Å². The van der Waals surface area contributed by atoms with E-state index in [9.17, 15) is 18.0 Å². The van der Waals surface area contributed by atoms with Crippen molar-refractivity contribution in [2.75, 3.05) is 6.54 Å². The van der Waals surface area contributed by atoms with E-state index >= 15 is 0 Å². The summed E-state index contributed by atoms with van der Waals surface area (Å²) in [5, 5.41) is 1.36. The highest BCUT2D eigenvalue weighted by Crippen LogP contribution is 2.31. The van der Waals surface area contributed by atoms with Gasteiger partial charge in [-0.2, -0.15) is 18.2 Å². The SMILES string of the molecule is O=C(Cc1ccc(Cl)cc1)N(CC(Cl)Cl)Oc1cccc(C(F)(F)F)c1. The van der Waals surface area contributed by atoms with Crippen LogP contribution in [0.4, 0.5) is 13.2 Å². The number of nitrogens with zero attached hydrogens (tertiary/aromatic N) is 1. The number of amides is 1. The van der Waals surface area contributed by atoms with Crippen molar-refractivity contribution in [1.82, 2.24) is 5.06 Å². The Morgan fingerprint density at radius 3 is 2.35 bits per heavy atom. The second-order valence-electron chi connectivity index (χ2n) is 5.27. The quantitative estimate of drug-likeness (QED) is 0.449. The fourth-order valence-electron chi connectivity index (χ4n) is 2.04. The molecular formula is C17H13Cl3F3NO2. The van der Waals surface area contributed by atoms with E-state index in [-0.39, 0.29) is 18.7 Å². The van der Waals surface area contributed by atoms with Crippen molar-refractivity contribution in [3.8, 4) is 5.75 Å². The van der Waals surface area contributed by atoms with Crippen LogP contribution in [0.5, 0.6) is 5.75 Å². The number of halogens is 6. The topological polar surface area (TPSA) is 29.5 Å². The zero-order valence-corrected chi connectivity index (χ0v) is 15.4. The first-order valence-electron chi connectivity index (χ1n) is 7.33. The van der Waals surface area contributed by atoms with E-state index in [1.165, 1.54) is 12.1 Å². The molecule has 140 valence electrons. The summed E-state index contributed by atoms with van der Waals surface area (Å²) in [4.78, 5) is 16.8. The number of hydrogen-bond acceptors (Lipinski definition) is 2. The molecule has 0 fully saturated rings. The van der Waals surface area contributed by atoms with Crippen molar-refractivity contribution in [3.05, 3.63) is 64.7 Å². The number of carbonyl (C=O) groups excluding carboxylic acids is 1. The zero-order chi connectivity index (χ0) is 19.3. The van der Waals surface area contributed by atoms with Crippen LogP contribution in [0.25, 0.3) is 0 Å². The van der Waals surface area contributed by atoms with E-state index in [1.54, 1.807) is 24.3 Å². The molecule has 0 atom stereocenters. The second-order valence-corrected chi connectivity index (χ2v) is 6.98. The molecule has 0 heterocycles. The van der Waals surface area contributed by atoms with Crippen LogP contribution in [-0.2, 0) is 17.4 Å². The second kappa shape index (κ2) is 8.84. The molecule has 9 heteroatoms. The first-order valence-corrected chi connectivity index (χ1v) is 8.58. The Labute approximate surface area is 163 Å². The molecule has 0 aliphatic heterocycles. The van der Waals surface area contributed by atoms with Crippen molar-refractivity contribution in [1.29, 1.82) is 0 Å². The first-order chi connectivity index (χ1) is 12.1. The maximum absolute atomic E-state index is 12.8. The van der Waals surface area contributed by atoms with Crippen molar-refractivity contribution in [2.24, 2.45) is 0 Å². The minimum absolute atomic E-state index is 0.0589. The molecule has 0 N–H and O–H groups in total. The smallest absolute Gasteiger partial charge is 0.377 e. The third kappa shape index (κ3) is 6.27. The highest BCUT2D eigenvalue weighted by molar-refractivity contribution is 6.44. The maximum atomic E-state index is 12.8. The Bertz CT molecular complexity index is 752. The molecule has 0 unspecified atom stereocenters. The van der Waals surface area contributed by atoms with Crippen molar-refractivity contribution in [2.45, 2.75) is 17.4 Å². The van der Waals surface area contributed by atoms with Gasteiger partial charge in [0.05, 0.1) is 18.5 Å². The maximum Gasteiger partial charge on any atom is 0.416 e. The molecule has 0 aliphatic rings. The minimum Gasteiger partial charge on any atom is -0.377 e. The fraction of sp³-hybridized carbons (Fsp3) is 0.235. The van der Waals surface area contributed by atoms with E-state index < -0.39 is 22.5 Å². The molecule has 26 heavy (non-hydrogen) atoms. The molecule has 0 aliphatic carbocycles. The van der Waals surface area contributed by atoms with Gasteiger partial charge < -0.3 is 4.84 Å². The average molecular weight is 427 g/mol. The lowest BCUT2D eigenvalue weighted by Crippen LogP contribution is -2.38. The molecule has 0 saturated carbocycles. The van der Waals surface area contributed by atoms with Crippen LogP contribution in [0, 0.1) is 0 Å². The zero-order valence-electron chi connectivity index (χ0n) is 13.1. The third-order valence-electron chi connectivity index (χ3n) is 3.23. The Morgan fingerprint density at radius 1 is 1.12 bits per heavy atom. The molecule has 0 aromatic heterocycles. The fourth-order valence-corrected chi connectivity index (χ4v) is 2.41. The number of alkyl halides is 5. The molecule has 2 rings (SSSR count). The van der Waals surface area contributed by atoms with Crippen LogP contribution in [0.2, 0.25) is 5.02 Å². The molecule has 2 aromatic rings. The first kappa shape index (κ1) is 20.7. The summed E-state index contributed by atoms with van der Waals surface area (Å²) >= 11 is 17.2. The number of benzene rings is 2. The number of rotatable bonds is 6. The normalized spacial score (nSPS) is 11.5. The predicted molar refractivity (Wildman–Crippen MR) is 94.4 cm³/mol. The molecule has 0 saturated heterocycles. The van der Waals surface area contributed by atoms with Gasteiger partial charge in [-0.3, -0.25) is 4.79 Å². The van der Waals surface area contributed by atoms with E-state index in [1.807, 2.05) is 0 Å².